The first-order valence-corrected chi connectivity index (χ1v) is 10.6. The van der Waals surface area contributed by atoms with Gasteiger partial charge in [0, 0.05) is 17.0 Å². The van der Waals surface area contributed by atoms with Gasteiger partial charge in [0.05, 0.1) is 0 Å². The van der Waals surface area contributed by atoms with Crippen LogP contribution in [-0.2, 0) is 4.79 Å². The van der Waals surface area contributed by atoms with Gasteiger partial charge in [-0.15, -0.1) is 11.3 Å². The fourth-order valence-corrected chi connectivity index (χ4v) is 6.69. The minimum atomic E-state index is -0.163. The number of rotatable bonds is 4. The van der Waals surface area contributed by atoms with Crippen molar-refractivity contribution in [2.45, 2.75) is 51.5 Å². The summed E-state index contributed by atoms with van der Waals surface area (Å²) in [7, 11) is 0. The van der Waals surface area contributed by atoms with Crippen LogP contribution in [0.2, 0.25) is 0 Å². The highest BCUT2D eigenvalue weighted by atomic mass is 32.1. The van der Waals surface area contributed by atoms with Gasteiger partial charge in [0.15, 0.2) is 5.11 Å². The van der Waals surface area contributed by atoms with E-state index in [2.05, 4.69) is 17.6 Å². The third kappa shape index (κ3) is 3.68. The van der Waals surface area contributed by atoms with Crippen LogP contribution in [0.25, 0.3) is 6.08 Å². The van der Waals surface area contributed by atoms with Gasteiger partial charge in [0.25, 0.3) is 0 Å². The summed E-state index contributed by atoms with van der Waals surface area (Å²) in [6.45, 7) is 2.26. The van der Waals surface area contributed by atoms with Gasteiger partial charge >= 0.3 is 0 Å². The van der Waals surface area contributed by atoms with Crippen LogP contribution in [0.3, 0.4) is 0 Å². The van der Waals surface area contributed by atoms with Gasteiger partial charge in [-0.1, -0.05) is 6.07 Å². The first-order valence-electron chi connectivity index (χ1n) is 9.35. The molecule has 25 heavy (non-hydrogen) atoms. The number of thiocarbonyl (C=S) groups is 1. The first-order chi connectivity index (χ1) is 12.0. The molecule has 1 atom stereocenters. The molecule has 1 unspecified atom stereocenters. The van der Waals surface area contributed by atoms with Crippen molar-refractivity contribution in [3.63, 3.8) is 0 Å². The Morgan fingerprint density at radius 3 is 2.48 bits per heavy atom. The Hall–Kier alpha value is -1.20. The van der Waals surface area contributed by atoms with E-state index in [1.54, 1.807) is 17.4 Å². The van der Waals surface area contributed by atoms with E-state index in [9.17, 15) is 4.79 Å². The number of thiophene rings is 1. The Balaban J connectivity index is 1.32. The fraction of sp³-hybridized carbons (Fsp3) is 0.600. The van der Waals surface area contributed by atoms with Gasteiger partial charge in [-0.25, -0.2) is 0 Å². The molecule has 4 saturated carbocycles. The Labute approximate surface area is 159 Å². The normalized spacial score (nSPS) is 34.2. The summed E-state index contributed by atoms with van der Waals surface area (Å²) in [6.07, 6.45) is 11.7. The summed E-state index contributed by atoms with van der Waals surface area (Å²) < 4.78 is 0. The van der Waals surface area contributed by atoms with Crippen LogP contribution >= 0.6 is 23.6 Å². The second-order valence-corrected chi connectivity index (χ2v) is 9.70. The summed E-state index contributed by atoms with van der Waals surface area (Å²) in [5, 5.41) is 8.69. The van der Waals surface area contributed by atoms with Gasteiger partial charge in [0.1, 0.15) is 0 Å². The van der Waals surface area contributed by atoms with E-state index in [0.717, 1.165) is 22.6 Å². The fourth-order valence-electron chi connectivity index (χ4n) is 5.79. The van der Waals surface area contributed by atoms with Crippen LogP contribution in [-0.4, -0.2) is 17.1 Å². The molecule has 4 aliphatic rings. The molecule has 1 heterocycles. The number of hydrogen-bond donors (Lipinski definition) is 2. The highest BCUT2D eigenvalue weighted by Gasteiger charge is 2.53. The molecule has 0 spiro atoms. The van der Waals surface area contributed by atoms with Crippen molar-refractivity contribution in [1.29, 1.82) is 0 Å². The van der Waals surface area contributed by atoms with Crippen molar-refractivity contribution in [1.82, 2.24) is 10.6 Å². The van der Waals surface area contributed by atoms with Gasteiger partial charge in [0.2, 0.25) is 5.91 Å². The van der Waals surface area contributed by atoms with Crippen LogP contribution in [0.1, 0.15) is 50.3 Å². The number of carbonyl (C=O) groups excluding carboxylic acids is 1. The first kappa shape index (κ1) is 17.2. The number of hydrogen-bond acceptors (Lipinski definition) is 3. The zero-order valence-corrected chi connectivity index (χ0v) is 16.3. The summed E-state index contributed by atoms with van der Waals surface area (Å²) in [5.41, 5.74) is 0.385. The second kappa shape index (κ2) is 6.84. The molecule has 4 aliphatic carbocycles. The predicted molar refractivity (Wildman–Crippen MR) is 107 cm³/mol. The van der Waals surface area contributed by atoms with Crippen LogP contribution in [0.5, 0.6) is 0 Å². The Kier molecular flexibility index (Phi) is 4.71. The van der Waals surface area contributed by atoms with E-state index in [4.69, 9.17) is 12.2 Å². The van der Waals surface area contributed by atoms with E-state index >= 15 is 0 Å². The smallest absolute Gasteiger partial charge is 0.250 e. The Morgan fingerprint density at radius 2 is 1.92 bits per heavy atom. The Bertz CT molecular complexity index is 645. The van der Waals surface area contributed by atoms with Crippen molar-refractivity contribution in [3.8, 4) is 0 Å². The molecule has 0 saturated heterocycles. The highest BCUT2D eigenvalue weighted by molar-refractivity contribution is 7.80. The lowest BCUT2D eigenvalue weighted by atomic mass is 9.48. The largest absolute Gasteiger partial charge is 0.359 e. The lowest BCUT2D eigenvalue weighted by molar-refractivity contribution is -0.115. The molecule has 5 heteroatoms. The minimum absolute atomic E-state index is 0.163. The predicted octanol–water partition coefficient (Wildman–Crippen LogP) is 4.36. The molecule has 0 aromatic carbocycles. The molecule has 134 valence electrons. The zero-order valence-electron chi connectivity index (χ0n) is 14.7. The molecule has 5 rings (SSSR count). The minimum Gasteiger partial charge on any atom is -0.359 e. The summed E-state index contributed by atoms with van der Waals surface area (Å²) >= 11 is 7.01. The SMILES string of the molecule is CC(NC(=S)NC(=O)/C=C/c1cccs1)C12CC3CC(CC(C3)C1)C2. The van der Waals surface area contributed by atoms with Crippen molar-refractivity contribution < 1.29 is 4.79 Å². The lowest BCUT2D eigenvalue weighted by Gasteiger charge is -2.59. The van der Waals surface area contributed by atoms with Gasteiger partial charge in [-0.3, -0.25) is 10.1 Å². The molecule has 3 nitrogen and oxygen atoms in total. The average molecular weight is 375 g/mol. The third-order valence-corrected chi connectivity index (χ3v) is 7.59. The average Bonchev–Trinajstić information content (AvgIpc) is 3.05. The molecule has 4 fully saturated rings. The summed E-state index contributed by atoms with van der Waals surface area (Å²) in [5.74, 6) is 2.61. The number of carbonyl (C=O) groups is 1. The topological polar surface area (TPSA) is 41.1 Å². The maximum Gasteiger partial charge on any atom is 0.250 e. The molecule has 4 bridgehead atoms. The molecule has 2 N–H and O–H groups in total. The van der Waals surface area contributed by atoms with Crippen molar-refractivity contribution >= 4 is 40.7 Å². The van der Waals surface area contributed by atoms with Crippen molar-refractivity contribution in [2.24, 2.45) is 23.2 Å². The van der Waals surface area contributed by atoms with Crippen LogP contribution < -0.4 is 10.6 Å². The maximum absolute atomic E-state index is 12.1. The second-order valence-electron chi connectivity index (χ2n) is 8.31. The van der Waals surface area contributed by atoms with Crippen molar-refractivity contribution in [2.75, 3.05) is 0 Å². The van der Waals surface area contributed by atoms with Crippen LogP contribution in [0.4, 0.5) is 0 Å². The lowest BCUT2D eigenvalue weighted by Crippen LogP contribution is -2.57. The molecular weight excluding hydrogens is 348 g/mol. The van der Waals surface area contributed by atoms with Crippen molar-refractivity contribution in [3.05, 3.63) is 28.5 Å². The van der Waals surface area contributed by atoms with Crippen LogP contribution in [0.15, 0.2) is 23.6 Å². The van der Waals surface area contributed by atoms with Crippen LogP contribution in [0, 0.1) is 23.2 Å². The standard InChI is InChI=1S/C20H26N2OS2/c1-13(20-10-14-7-15(11-20)9-16(8-14)12-20)21-19(24)22-18(23)5-4-17-3-2-6-25-17/h2-6,13-16H,7-12H2,1H3,(H2,21,22,23,24)/b5-4+. The number of amides is 1. The van der Waals surface area contributed by atoms with E-state index in [0.29, 0.717) is 16.6 Å². The van der Waals surface area contributed by atoms with E-state index in [1.165, 1.54) is 38.5 Å². The van der Waals surface area contributed by atoms with E-state index < -0.39 is 0 Å². The Morgan fingerprint density at radius 1 is 1.28 bits per heavy atom. The summed E-state index contributed by atoms with van der Waals surface area (Å²) in [4.78, 5) is 13.1. The molecule has 1 aromatic heterocycles. The number of nitrogens with one attached hydrogen (secondary N) is 2. The van der Waals surface area contributed by atoms with E-state index in [1.807, 2.05) is 23.6 Å². The maximum atomic E-state index is 12.1. The molecule has 1 aromatic rings. The van der Waals surface area contributed by atoms with Gasteiger partial charge in [-0.05, 0) is 98.4 Å². The molecule has 1 amide bonds. The highest BCUT2D eigenvalue weighted by Crippen LogP contribution is 2.61. The molecule has 0 radical (unpaired) electrons. The van der Waals surface area contributed by atoms with E-state index in [-0.39, 0.29) is 5.91 Å². The zero-order chi connectivity index (χ0) is 17.4. The summed E-state index contributed by atoms with van der Waals surface area (Å²) in [6, 6.07) is 4.29. The van der Waals surface area contributed by atoms with Gasteiger partial charge < -0.3 is 5.32 Å². The third-order valence-electron chi connectivity index (χ3n) is 6.53. The monoisotopic (exact) mass is 374 g/mol. The molecule has 0 aliphatic heterocycles. The molecular formula is C20H26N2OS2. The van der Waals surface area contributed by atoms with Gasteiger partial charge in [-0.2, -0.15) is 0 Å². The quantitative estimate of drug-likeness (QED) is 0.608.